The molecular formula is C13H16BrN5O. The fourth-order valence-corrected chi connectivity index (χ4v) is 2.53. The Bertz CT molecular complexity index is 607. The van der Waals surface area contributed by atoms with Crippen LogP contribution in [0.1, 0.15) is 0 Å². The Morgan fingerprint density at radius 3 is 2.75 bits per heavy atom. The molecule has 2 heterocycles. The second kappa shape index (κ2) is 5.41. The summed E-state index contributed by atoms with van der Waals surface area (Å²) >= 11 is 3.42. The van der Waals surface area contributed by atoms with Crippen LogP contribution in [0.2, 0.25) is 0 Å². The summed E-state index contributed by atoms with van der Waals surface area (Å²) < 4.78 is 6.28. The van der Waals surface area contributed by atoms with Gasteiger partial charge in [-0.1, -0.05) is 15.9 Å². The van der Waals surface area contributed by atoms with Crippen molar-refractivity contribution in [3.8, 4) is 11.5 Å². The zero-order valence-electron chi connectivity index (χ0n) is 11.2. The lowest BCUT2D eigenvalue weighted by Crippen LogP contribution is -2.44. The van der Waals surface area contributed by atoms with E-state index in [1.54, 1.807) is 0 Å². The largest absolute Gasteiger partial charge is 0.398 e. The molecule has 1 aliphatic heterocycles. The molecular weight excluding hydrogens is 322 g/mol. The molecule has 7 heteroatoms. The first-order valence-electron chi connectivity index (χ1n) is 6.46. The molecule has 20 heavy (non-hydrogen) atoms. The van der Waals surface area contributed by atoms with Crippen LogP contribution >= 0.6 is 15.9 Å². The molecule has 0 spiro atoms. The van der Waals surface area contributed by atoms with Gasteiger partial charge in [0, 0.05) is 36.3 Å². The van der Waals surface area contributed by atoms with Gasteiger partial charge in [0.05, 0.1) is 5.56 Å². The van der Waals surface area contributed by atoms with Crippen molar-refractivity contribution >= 4 is 27.6 Å². The number of likely N-dealkylation sites (N-methyl/N-ethyl adjacent to an activating group) is 1. The van der Waals surface area contributed by atoms with E-state index in [1.807, 2.05) is 18.2 Å². The number of nitrogens with zero attached hydrogens (tertiary/aromatic N) is 4. The van der Waals surface area contributed by atoms with E-state index in [4.69, 9.17) is 10.3 Å². The molecule has 2 N–H and O–H groups in total. The smallest absolute Gasteiger partial charge is 0.266 e. The molecule has 0 bridgehead atoms. The van der Waals surface area contributed by atoms with Crippen molar-refractivity contribution < 1.29 is 4.52 Å². The predicted molar refractivity (Wildman–Crippen MR) is 81.6 cm³/mol. The average molecular weight is 338 g/mol. The summed E-state index contributed by atoms with van der Waals surface area (Å²) in [6, 6.07) is 5.59. The molecule has 1 aromatic heterocycles. The van der Waals surface area contributed by atoms with Crippen LogP contribution in [0, 0.1) is 0 Å². The summed E-state index contributed by atoms with van der Waals surface area (Å²) in [5, 5.41) is 4.06. The maximum atomic E-state index is 5.96. The van der Waals surface area contributed by atoms with Crippen molar-refractivity contribution in [1.82, 2.24) is 15.0 Å². The third kappa shape index (κ3) is 2.64. The van der Waals surface area contributed by atoms with Crippen LogP contribution in [0.5, 0.6) is 0 Å². The number of nitrogens with two attached hydrogens (primary N) is 1. The lowest BCUT2D eigenvalue weighted by atomic mass is 10.2. The first kappa shape index (κ1) is 13.4. The number of anilines is 2. The third-order valence-corrected chi connectivity index (χ3v) is 3.94. The molecule has 0 amide bonds. The molecule has 1 saturated heterocycles. The van der Waals surface area contributed by atoms with Crippen molar-refractivity contribution in [2.75, 3.05) is 43.9 Å². The van der Waals surface area contributed by atoms with Gasteiger partial charge in [-0.15, -0.1) is 0 Å². The van der Waals surface area contributed by atoms with Crippen molar-refractivity contribution in [3.05, 3.63) is 22.7 Å². The minimum atomic E-state index is 0.456. The van der Waals surface area contributed by atoms with E-state index in [0.717, 1.165) is 36.2 Å². The maximum absolute atomic E-state index is 5.96. The van der Waals surface area contributed by atoms with Crippen molar-refractivity contribution in [2.24, 2.45) is 0 Å². The number of hydrogen-bond donors (Lipinski definition) is 1. The van der Waals surface area contributed by atoms with Crippen LogP contribution in [0.3, 0.4) is 0 Å². The summed E-state index contributed by atoms with van der Waals surface area (Å²) in [4.78, 5) is 8.87. The van der Waals surface area contributed by atoms with Crippen LogP contribution in [0.4, 0.5) is 11.6 Å². The van der Waals surface area contributed by atoms with Gasteiger partial charge in [-0.2, -0.15) is 4.98 Å². The van der Waals surface area contributed by atoms with Crippen LogP contribution in [0.25, 0.3) is 11.5 Å². The molecule has 0 atom stereocenters. The van der Waals surface area contributed by atoms with Gasteiger partial charge >= 0.3 is 0 Å². The van der Waals surface area contributed by atoms with Crippen molar-refractivity contribution in [1.29, 1.82) is 0 Å². The average Bonchev–Trinajstić information content (AvgIpc) is 2.92. The zero-order chi connectivity index (χ0) is 14.1. The summed E-state index contributed by atoms with van der Waals surface area (Å²) in [6.45, 7) is 3.82. The third-order valence-electron chi connectivity index (χ3n) is 3.45. The first-order valence-corrected chi connectivity index (χ1v) is 7.25. The van der Waals surface area contributed by atoms with Crippen LogP contribution < -0.4 is 10.6 Å². The Morgan fingerprint density at radius 1 is 1.25 bits per heavy atom. The number of piperazine rings is 1. The number of halogens is 1. The molecule has 2 aromatic rings. The molecule has 0 saturated carbocycles. The number of benzene rings is 1. The van der Waals surface area contributed by atoms with Gasteiger partial charge in [0.1, 0.15) is 0 Å². The van der Waals surface area contributed by atoms with E-state index in [2.05, 4.69) is 42.9 Å². The molecule has 0 aliphatic carbocycles. The highest BCUT2D eigenvalue weighted by Crippen LogP contribution is 2.29. The van der Waals surface area contributed by atoms with E-state index >= 15 is 0 Å². The lowest BCUT2D eigenvalue weighted by molar-refractivity contribution is 0.309. The van der Waals surface area contributed by atoms with Crippen molar-refractivity contribution in [3.63, 3.8) is 0 Å². The number of hydrogen-bond acceptors (Lipinski definition) is 6. The Labute approximate surface area is 125 Å². The van der Waals surface area contributed by atoms with E-state index < -0.39 is 0 Å². The fraction of sp³-hybridized carbons (Fsp3) is 0.385. The second-order valence-corrected chi connectivity index (χ2v) is 5.84. The SMILES string of the molecule is CN1CCN(c2noc(-c3cc(Br)ccc3N)n2)CC1. The van der Waals surface area contributed by atoms with Crippen LogP contribution in [-0.2, 0) is 0 Å². The Morgan fingerprint density at radius 2 is 2.00 bits per heavy atom. The topological polar surface area (TPSA) is 71.4 Å². The molecule has 3 rings (SSSR count). The summed E-state index contributed by atoms with van der Waals surface area (Å²) in [6.07, 6.45) is 0. The van der Waals surface area contributed by atoms with Gasteiger partial charge in [0.2, 0.25) is 0 Å². The highest BCUT2D eigenvalue weighted by molar-refractivity contribution is 9.10. The van der Waals surface area contributed by atoms with E-state index in [0.29, 0.717) is 17.5 Å². The first-order chi connectivity index (χ1) is 9.63. The minimum Gasteiger partial charge on any atom is -0.398 e. The number of nitrogen functional groups attached to an aromatic ring is 1. The molecule has 6 nitrogen and oxygen atoms in total. The molecule has 0 unspecified atom stereocenters. The van der Waals surface area contributed by atoms with Gasteiger partial charge in [0.15, 0.2) is 0 Å². The zero-order valence-corrected chi connectivity index (χ0v) is 12.8. The normalized spacial score (nSPS) is 16.6. The summed E-state index contributed by atoms with van der Waals surface area (Å²) in [7, 11) is 2.11. The maximum Gasteiger partial charge on any atom is 0.266 e. The highest BCUT2D eigenvalue weighted by atomic mass is 79.9. The summed E-state index contributed by atoms with van der Waals surface area (Å²) in [5.74, 6) is 1.09. The van der Waals surface area contributed by atoms with Gasteiger partial charge in [-0.3, -0.25) is 0 Å². The van der Waals surface area contributed by atoms with Gasteiger partial charge in [-0.05, 0) is 30.4 Å². The Balaban J connectivity index is 1.85. The number of aromatic nitrogens is 2. The quantitative estimate of drug-likeness (QED) is 0.843. The molecule has 0 radical (unpaired) electrons. The minimum absolute atomic E-state index is 0.456. The van der Waals surface area contributed by atoms with E-state index in [-0.39, 0.29) is 0 Å². The fourth-order valence-electron chi connectivity index (χ4n) is 2.17. The van der Waals surface area contributed by atoms with Gasteiger partial charge in [-0.25, -0.2) is 0 Å². The second-order valence-electron chi connectivity index (χ2n) is 4.92. The van der Waals surface area contributed by atoms with Crippen LogP contribution in [0.15, 0.2) is 27.2 Å². The molecule has 1 aromatic carbocycles. The predicted octanol–water partition coefficient (Wildman–Crippen LogP) is 1.83. The van der Waals surface area contributed by atoms with E-state index in [1.165, 1.54) is 0 Å². The number of rotatable bonds is 2. The standard InChI is InChI=1S/C13H16BrN5O/c1-18-4-6-19(7-5-18)13-16-12(20-17-13)10-8-9(14)2-3-11(10)15/h2-3,8H,4-7,15H2,1H3. The van der Waals surface area contributed by atoms with E-state index in [9.17, 15) is 0 Å². The van der Waals surface area contributed by atoms with Gasteiger partial charge in [0.25, 0.3) is 11.8 Å². The van der Waals surface area contributed by atoms with Gasteiger partial charge < -0.3 is 20.1 Å². The molecule has 1 aliphatic rings. The van der Waals surface area contributed by atoms with Crippen molar-refractivity contribution in [2.45, 2.75) is 0 Å². The monoisotopic (exact) mass is 337 g/mol. The lowest BCUT2D eigenvalue weighted by Gasteiger charge is -2.31. The molecule has 1 fully saturated rings. The Hall–Kier alpha value is -1.60. The Kier molecular flexibility index (Phi) is 3.62. The highest BCUT2D eigenvalue weighted by Gasteiger charge is 2.20. The molecule has 106 valence electrons. The van der Waals surface area contributed by atoms with Crippen LogP contribution in [-0.4, -0.2) is 48.3 Å². The summed E-state index contributed by atoms with van der Waals surface area (Å²) in [5.41, 5.74) is 7.34.